The van der Waals surface area contributed by atoms with Crippen LogP contribution in [0.3, 0.4) is 0 Å². The summed E-state index contributed by atoms with van der Waals surface area (Å²) in [6, 6.07) is 13.6. The van der Waals surface area contributed by atoms with Crippen molar-refractivity contribution in [3.8, 4) is 17.2 Å². The Balaban J connectivity index is 1.16. The number of imidazole rings is 1. The fourth-order valence-electron chi connectivity index (χ4n) is 10.8. The number of alkyl halides is 2. The van der Waals surface area contributed by atoms with Gasteiger partial charge in [-0.3, -0.25) is 23.4 Å². The second kappa shape index (κ2) is 17.9. The standard InChI is InChI=1S/C51H59F3N9O5P/c1-8-69(67,9-2)42-13-11-37(26-41(42)56-7)61-20-21-62(49(61)66)45-43-32(6)60(19-16-40(43)58-63(45)38-22-29(3)44(52)30(4)23-38)46(64)36(28-50(27-31(50)5)47-57-48(65)68-59-47)25-35-24-34(10-12-39(35)55)33-14-17-51(53,54)18-15-33/h10-13,20-26,31-33,56H,8-9,14-19,27-28,55H2,1-7H3,(H,57,59,65)/b36-25+/t31-,32-,50-/m0/s1. The summed E-state index contributed by atoms with van der Waals surface area (Å²) < 4.78 is 67.1. The monoisotopic (exact) mass is 965 g/mol. The smallest absolute Gasteiger partial charge is 0.398 e. The van der Waals surface area contributed by atoms with E-state index in [4.69, 9.17) is 15.4 Å². The van der Waals surface area contributed by atoms with Gasteiger partial charge in [-0.05, 0) is 129 Å². The first-order valence-corrected chi connectivity index (χ1v) is 25.8. The molecule has 0 unspecified atom stereocenters. The van der Waals surface area contributed by atoms with Crippen LogP contribution in [0, 0.1) is 25.6 Å². The largest absolute Gasteiger partial charge is 0.438 e. The number of fused-ring (bicyclic) bond motifs is 1. The van der Waals surface area contributed by atoms with Gasteiger partial charge in [0.25, 0.3) is 0 Å². The molecule has 1 amide bonds. The molecule has 364 valence electrons. The molecule has 4 N–H and O–H groups in total. The predicted molar refractivity (Wildman–Crippen MR) is 262 cm³/mol. The summed E-state index contributed by atoms with van der Waals surface area (Å²) in [5, 5.41) is 13.1. The van der Waals surface area contributed by atoms with E-state index in [1.54, 1.807) is 73.2 Å². The van der Waals surface area contributed by atoms with Gasteiger partial charge in [0.15, 0.2) is 5.82 Å². The fraction of sp³-hybridized carbons (Fsp3) is 0.431. The molecule has 9 rings (SSSR count). The molecule has 4 heterocycles. The Bertz CT molecular complexity index is 3160. The maximum Gasteiger partial charge on any atom is 0.438 e. The molecular weight excluding hydrogens is 907 g/mol. The number of aryl methyl sites for hydroxylation is 2. The number of hydrogen-bond donors (Lipinski definition) is 3. The Kier molecular flexibility index (Phi) is 12.4. The number of hydrogen-bond acceptors (Lipinski definition) is 9. The zero-order chi connectivity index (χ0) is 49.3. The van der Waals surface area contributed by atoms with Crippen molar-refractivity contribution in [1.82, 2.24) is 34.0 Å². The van der Waals surface area contributed by atoms with E-state index < -0.39 is 36.0 Å². The van der Waals surface area contributed by atoms with Crippen LogP contribution in [0.15, 0.2) is 80.6 Å². The molecule has 14 nitrogen and oxygen atoms in total. The number of benzene rings is 3. The molecule has 1 aliphatic heterocycles. The number of anilines is 2. The number of amides is 1. The summed E-state index contributed by atoms with van der Waals surface area (Å²) in [7, 11) is -0.922. The van der Waals surface area contributed by atoms with Gasteiger partial charge in [0.1, 0.15) is 18.8 Å². The molecular formula is C51H59F3N9O5P. The Labute approximate surface area is 398 Å². The van der Waals surface area contributed by atoms with Crippen LogP contribution in [0.25, 0.3) is 23.3 Å². The number of nitrogens with zero attached hydrogens (tertiary/aromatic N) is 6. The van der Waals surface area contributed by atoms with Crippen LogP contribution in [0.4, 0.5) is 24.5 Å². The van der Waals surface area contributed by atoms with Crippen molar-refractivity contribution in [2.75, 3.05) is 37.0 Å². The first-order chi connectivity index (χ1) is 32.8. The van der Waals surface area contributed by atoms with Crippen LogP contribution in [0.1, 0.15) is 118 Å². The molecule has 0 radical (unpaired) electrons. The van der Waals surface area contributed by atoms with E-state index in [1.165, 1.54) is 9.13 Å². The predicted octanol–water partition coefficient (Wildman–Crippen LogP) is 9.09. The Morgan fingerprint density at radius 3 is 2.30 bits per heavy atom. The van der Waals surface area contributed by atoms with Gasteiger partial charge >= 0.3 is 11.4 Å². The summed E-state index contributed by atoms with van der Waals surface area (Å²) in [4.78, 5) is 47.1. The highest BCUT2D eigenvalue weighted by molar-refractivity contribution is 7.71. The molecule has 0 saturated heterocycles. The van der Waals surface area contributed by atoms with E-state index in [-0.39, 0.29) is 49.4 Å². The fourth-order valence-corrected chi connectivity index (χ4v) is 12.8. The van der Waals surface area contributed by atoms with Gasteiger partial charge in [-0.2, -0.15) is 5.10 Å². The second-order valence-electron chi connectivity index (χ2n) is 19.3. The van der Waals surface area contributed by atoms with Crippen LogP contribution in [0.5, 0.6) is 0 Å². The summed E-state index contributed by atoms with van der Waals surface area (Å²) in [5.74, 6) is -3.41. The number of rotatable bonds is 13. The average molecular weight is 966 g/mol. The number of nitrogens with one attached hydrogen (secondary N) is 2. The summed E-state index contributed by atoms with van der Waals surface area (Å²) in [6.07, 6.45) is 7.41. The van der Waals surface area contributed by atoms with Crippen LogP contribution in [-0.4, -0.2) is 71.7 Å². The van der Waals surface area contributed by atoms with Gasteiger partial charge in [-0.1, -0.05) is 32.0 Å². The van der Waals surface area contributed by atoms with Crippen LogP contribution >= 0.6 is 7.14 Å². The van der Waals surface area contributed by atoms with Gasteiger partial charge in [-0.15, -0.1) is 0 Å². The van der Waals surface area contributed by atoms with Gasteiger partial charge in [-0.25, -0.2) is 27.4 Å². The minimum Gasteiger partial charge on any atom is -0.398 e. The van der Waals surface area contributed by atoms with Crippen molar-refractivity contribution in [3.05, 3.63) is 133 Å². The lowest BCUT2D eigenvalue weighted by molar-refractivity contribution is -0.129. The minimum atomic E-state index is -2.69. The average Bonchev–Trinajstić information content (AvgIpc) is 3.67. The number of H-pyrrole nitrogens is 1. The van der Waals surface area contributed by atoms with Crippen molar-refractivity contribution in [2.45, 2.75) is 110 Å². The molecule has 3 aromatic heterocycles. The molecule has 3 aromatic carbocycles. The number of aromatic nitrogens is 6. The first-order valence-electron chi connectivity index (χ1n) is 23.8. The Hall–Kier alpha value is -6.35. The molecule has 6 aromatic rings. The molecule has 18 heteroatoms. The van der Waals surface area contributed by atoms with E-state index in [0.717, 1.165) is 10.9 Å². The quantitative estimate of drug-likeness (QED) is 0.0579. The maximum absolute atomic E-state index is 15.5. The molecule has 0 spiro atoms. The third-order valence-electron chi connectivity index (χ3n) is 15.1. The second-order valence-corrected chi connectivity index (χ2v) is 22.8. The summed E-state index contributed by atoms with van der Waals surface area (Å²) in [6.45, 7) is 11.3. The third kappa shape index (κ3) is 8.50. The van der Waals surface area contributed by atoms with E-state index >= 15 is 9.18 Å². The van der Waals surface area contributed by atoms with Crippen molar-refractivity contribution in [2.24, 2.45) is 5.92 Å². The molecule has 2 saturated carbocycles. The summed E-state index contributed by atoms with van der Waals surface area (Å²) >= 11 is 0. The van der Waals surface area contributed by atoms with Gasteiger partial charge in [0, 0.05) is 90.8 Å². The van der Waals surface area contributed by atoms with Crippen molar-refractivity contribution in [1.29, 1.82) is 0 Å². The zero-order valence-corrected chi connectivity index (χ0v) is 40.9. The minimum absolute atomic E-state index is 0.0268. The maximum atomic E-state index is 15.5. The van der Waals surface area contributed by atoms with Crippen molar-refractivity contribution in [3.63, 3.8) is 0 Å². The van der Waals surface area contributed by atoms with E-state index in [0.29, 0.717) is 106 Å². The number of aromatic amines is 1. The van der Waals surface area contributed by atoms with E-state index in [2.05, 4.69) is 15.5 Å². The van der Waals surface area contributed by atoms with Crippen molar-refractivity contribution >= 4 is 35.8 Å². The Morgan fingerprint density at radius 1 is 1.00 bits per heavy atom. The van der Waals surface area contributed by atoms with Crippen molar-refractivity contribution < 1.29 is 27.1 Å². The molecule has 0 bridgehead atoms. The van der Waals surface area contributed by atoms with Gasteiger partial charge in [0.2, 0.25) is 11.8 Å². The van der Waals surface area contributed by atoms with Crippen LogP contribution in [-0.2, 0) is 21.2 Å². The molecule has 2 fully saturated rings. The number of halogens is 3. The number of carbonyl (C=O) groups is 1. The highest BCUT2D eigenvalue weighted by Crippen LogP contribution is 2.57. The van der Waals surface area contributed by atoms with Crippen LogP contribution in [0.2, 0.25) is 0 Å². The van der Waals surface area contributed by atoms with Gasteiger partial charge in [0.05, 0.1) is 23.1 Å². The van der Waals surface area contributed by atoms with Crippen LogP contribution < -0.4 is 27.8 Å². The molecule has 2 aliphatic carbocycles. The third-order valence-corrected chi connectivity index (χ3v) is 18.5. The van der Waals surface area contributed by atoms with E-state index in [9.17, 15) is 22.9 Å². The van der Waals surface area contributed by atoms with E-state index in [1.807, 2.05) is 52.0 Å². The Morgan fingerprint density at radius 2 is 1.68 bits per heavy atom. The highest BCUT2D eigenvalue weighted by Gasteiger charge is 2.56. The topological polar surface area (TPSA) is 179 Å². The number of nitrogens with two attached hydrogens (primary N) is 1. The first kappa shape index (κ1) is 47.7. The number of nitrogen functional groups attached to an aromatic ring is 1. The lowest BCUT2D eigenvalue weighted by Gasteiger charge is -2.35. The summed E-state index contributed by atoms with van der Waals surface area (Å²) in [5.41, 5.74) is 11.5. The lowest BCUT2D eigenvalue weighted by Crippen LogP contribution is -2.40. The zero-order valence-electron chi connectivity index (χ0n) is 40.0. The molecule has 69 heavy (non-hydrogen) atoms. The lowest BCUT2D eigenvalue weighted by atomic mass is 9.81. The number of carbonyl (C=O) groups excluding carboxylic acids is 1. The normalized spacial score (nSPS) is 20.6. The SMILES string of the molecule is CCP(=O)(CC)c1ccc(-n2ccn(-c3c4c(nn3-c3cc(C)c(F)c(C)c3)CCN(C(=O)/C(=C/c3cc(C5CCC(F)(F)CC5)ccc3N)C[C@@]3(c5noc(=O)[nH]5)C[C@@H]3C)[C@H]4C)c2=O)cc1NC. The van der Waals surface area contributed by atoms with Gasteiger partial charge < -0.3 is 20.5 Å². The molecule has 3 atom stereocenters. The highest BCUT2D eigenvalue weighted by atomic mass is 31.2. The molecule has 3 aliphatic rings.